The Hall–Kier alpha value is -2.35. The number of rotatable bonds is 4. The van der Waals surface area contributed by atoms with Crippen LogP contribution in [0, 0.1) is 11.7 Å². The topological polar surface area (TPSA) is 9.23 Å². The van der Waals surface area contributed by atoms with Gasteiger partial charge in [-0.05, 0) is 71.7 Å². The van der Waals surface area contributed by atoms with Gasteiger partial charge < -0.3 is 4.74 Å². The van der Waals surface area contributed by atoms with Crippen molar-refractivity contribution < 1.29 is 9.13 Å². The van der Waals surface area contributed by atoms with Crippen LogP contribution >= 0.6 is 0 Å². The van der Waals surface area contributed by atoms with Crippen molar-refractivity contribution in [3.63, 3.8) is 0 Å². The lowest BCUT2D eigenvalue weighted by atomic mass is 9.80. The molecule has 124 valence electrons. The van der Waals surface area contributed by atoms with Crippen LogP contribution in [0.5, 0.6) is 5.75 Å². The molecule has 1 aliphatic rings. The minimum Gasteiger partial charge on any atom is -0.497 e. The highest BCUT2D eigenvalue weighted by atomic mass is 19.1. The molecule has 24 heavy (non-hydrogen) atoms. The van der Waals surface area contributed by atoms with E-state index in [2.05, 4.69) is 31.2 Å². The molecule has 0 aliphatic heterocycles. The first kappa shape index (κ1) is 16.5. The molecule has 3 rings (SSSR count). The van der Waals surface area contributed by atoms with E-state index in [1.54, 1.807) is 7.11 Å². The Kier molecular flexibility index (Phi) is 5.14. The molecule has 2 heteroatoms. The van der Waals surface area contributed by atoms with Crippen molar-refractivity contribution in [1.82, 2.24) is 0 Å². The molecule has 0 bridgehead atoms. The van der Waals surface area contributed by atoms with Crippen LogP contribution in [0.2, 0.25) is 0 Å². The van der Waals surface area contributed by atoms with Crippen LogP contribution in [0.15, 0.2) is 60.2 Å². The first-order chi connectivity index (χ1) is 11.7. The fourth-order valence-electron chi connectivity index (χ4n) is 3.32. The highest BCUT2D eigenvalue weighted by Crippen LogP contribution is 2.38. The van der Waals surface area contributed by atoms with E-state index in [0.29, 0.717) is 5.92 Å². The Balaban J connectivity index is 1.96. The molecule has 1 aliphatic carbocycles. The second-order valence-corrected chi connectivity index (χ2v) is 6.25. The zero-order chi connectivity index (χ0) is 16.9. The minimum atomic E-state index is -0.195. The van der Waals surface area contributed by atoms with Crippen LogP contribution in [0.1, 0.15) is 37.3 Å². The molecule has 0 saturated heterocycles. The number of hydrogen-bond acceptors (Lipinski definition) is 1. The van der Waals surface area contributed by atoms with Crippen molar-refractivity contribution in [1.29, 1.82) is 0 Å². The molecule has 0 N–H and O–H groups in total. The first-order valence-electron chi connectivity index (χ1n) is 8.51. The Labute approximate surface area is 143 Å². The smallest absolute Gasteiger partial charge is 0.123 e. The zero-order valence-corrected chi connectivity index (χ0v) is 14.3. The molecule has 0 radical (unpaired) electrons. The van der Waals surface area contributed by atoms with Crippen LogP contribution in [0.25, 0.3) is 11.6 Å². The lowest BCUT2D eigenvalue weighted by molar-refractivity contribution is 0.414. The average molecular weight is 322 g/mol. The maximum absolute atomic E-state index is 13.1. The van der Waals surface area contributed by atoms with Gasteiger partial charge in [0, 0.05) is 0 Å². The van der Waals surface area contributed by atoms with Gasteiger partial charge in [-0.15, -0.1) is 0 Å². The standard InChI is InChI=1S/C22H23FO/c1-3-18-10-7-17(13-16-8-11-20(23)12-9-16)14-22(18)19-5-4-6-21(15-19)24-2/h4-6,8-9,11-15,18H,3,7,10H2,1-2H3/b17-13-. The number of benzene rings is 2. The summed E-state index contributed by atoms with van der Waals surface area (Å²) in [6.07, 6.45) is 7.80. The summed E-state index contributed by atoms with van der Waals surface area (Å²) < 4.78 is 18.4. The maximum atomic E-state index is 13.1. The summed E-state index contributed by atoms with van der Waals surface area (Å²) in [5.41, 5.74) is 4.94. The van der Waals surface area contributed by atoms with Gasteiger partial charge in [0.25, 0.3) is 0 Å². The second-order valence-electron chi connectivity index (χ2n) is 6.25. The van der Waals surface area contributed by atoms with E-state index in [1.165, 1.54) is 28.8 Å². The normalized spacial score (nSPS) is 19.2. The SMILES string of the molecule is CCC1CC/C(=C/c2ccc(F)cc2)C=C1c1cccc(OC)c1. The van der Waals surface area contributed by atoms with Gasteiger partial charge in [-0.25, -0.2) is 4.39 Å². The Morgan fingerprint density at radius 1 is 1.17 bits per heavy atom. The van der Waals surface area contributed by atoms with Gasteiger partial charge in [-0.3, -0.25) is 0 Å². The van der Waals surface area contributed by atoms with Crippen LogP contribution in [0.4, 0.5) is 4.39 Å². The summed E-state index contributed by atoms with van der Waals surface area (Å²) in [5, 5.41) is 0. The molecule has 0 spiro atoms. The second kappa shape index (κ2) is 7.48. The van der Waals surface area contributed by atoms with E-state index in [4.69, 9.17) is 4.74 Å². The molecule has 1 atom stereocenters. The molecule has 0 amide bonds. The van der Waals surface area contributed by atoms with Crippen molar-refractivity contribution in [2.24, 2.45) is 5.92 Å². The number of hydrogen-bond donors (Lipinski definition) is 0. The van der Waals surface area contributed by atoms with E-state index < -0.39 is 0 Å². The molecular formula is C22H23FO. The quantitative estimate of drug-likeness (QED) is 0.658. The van der Waals surface area contributed by atoms with Gasteiger partial charge in [0.05, 0.1) is 7.11 Å². The lowest BCUT2D eigenvalue weighted by Gasteiger charge is -2.25. The van der Waals surface area contributed by atoms with Gasteiger partial charge in [-0.2, -0.15) is 0 Å². The van der Waals surface area contributed by atoms with E-state index in [9.17, 15) is 4.39 Å². The third kappa shape index (κ3) is 3.76. The first-order valence-corrected chi connectivity index (χ1v) is 8.51. The van der Waals surface area contributed by atoms with Crippen molar-refractivity contribution in [3.05, 3.63) is 77.1 Å². The number of methoxy groups -OCH3 is 1. The fourth-order valence-corrected chi connectivity index (χ4v) is 3.32. The van der Waals surface area contributed by atoms with Crippen LogP contribution < -0.4 is 4.74 Å². The number of halogens is 1. The van der Waals surface area contributed by atoms with Gasteiger partial charge >= 0.3 is 0 Å². The van der Waals surface area contributed by atoms with Crippen LogP contribution in [-0.4, -0.2) is 7.11 Å². The highest BCUT2D eigenvalue weighted by molar-refractivity contribution is 5.74. The molecule has 2 aromatic rings. The van der Waals surface area contributed by atoms with E-state index in [0.717, 1.165) is 30.6 Å². The number of allylic oxidation sites excluding steroid dienone is 3. The van der Waals surface area contributed by atoms with Crippen molar-refractivity contribution in [2.45, 2.75) is 26.2 Å². The number of ether oxygens (including phenoxy) is 1. The average Bonchev–Trinajstić information content (AvgIpc) is 2.63. The molecule has 0 fully saturated rings. The van der Waals surface area contributed by atoms with Crippen LogP contribution in [0.3, 0.4) is 0 Å². The summed E-state index contributed by atoms with van der Waals surface area (Å²) in [5.74, 6) is 1.26. The van der Waals surface area contributed by atoms with E-state index in [1.807, 2.05) is 24.3 Å². The van der Waals surface area contributed by atoms with Gasteiger partial charge in [0.15, 0.2) is 0 Å². The Bertz CT molecular complexity index is 756. The lowest BCUT2D eigenvalue weighted by Crippen LogP contribution is -2.08. The van der Waals surface area contributed by atoms with Crippen LogP contribution in [-0.2, 0) is 0 Å². The summed E-state index contributed by atoms with van der Waals surface area (Å²) in [4.78, 5) is 0. The molecule has 1 unspecified atom stereocenters. The zero-order valence-electron chi connectivity index (χ0n) is 14.3. The summed E-state index contributed by atoms with van der Waals surface area (Å²) in [6, 6.07) is 14.9. The van der Waals surface area contributed by atoms with E-state index >= 15 is 0 Å². The molecule has 2 aromatic carbocycles. The largest absolute Gasteiger partial charge is 0.497 e. The van der Waals surface area contributed by atoms with Gasteiger partial charge in [0.1, 0.15) is 11.6 Å². The molecular weight excluding hydrogens is 299 g/mol. The molecule has 0 saturated carbocycles. The summed E-state index contributed by atoms with van der Waals surface area (Å²) in [7, 11) is 1.70. The van der Waals surface area contributed by atoms with E-state index in [-0.39, 0.29) is 5.82 Å². The minimum absolute atomic E-state index is 0.195. The molecule has 0 aromatic heterocycles. The Morgan fingerprint density at radius 3 is 2.67 bits per heavy atom. The third-order valence-corrected chi connectivity index (χ3v) is 4.68. The summed E-state index contributed by atoms with van der Waals surface area (Å²) >= 11 is 0. The highest BCUT2D eigenvalue weighted by Gasteiger charge is 2.20. The van der Waals surface area contributed by atoms with Crippen molar-refractivity contribution in [3.8, 4) is 5.75 Å². The van der Waals surface area contributed by atoms with Gasteiger partial charge in [-0.1, -0.05) is 43.3 Å². The third-order valence-electron chi connectivity index (χ3n) is 4.68. The predicted molar refractivity (Wildman–Crippen MR) is 98.4 cm³/mol. The molecule has 1 nitrogen and oxygen atoms in total. The Morgan fingerprint density at radius 2 is 1.96 bits per heavy atom. The van der Waals surface area contributed by atoms with Gasteiger partial charge in [0.2, 0.25) is 0 Å². The molecule has 0 heterocycles. The summed E-state index contributed by atoms with van der Waals surface area (Å²) in [6.45, 7) is 2.24. The monoisotopic (exact) mass is 322 g/mol. The predicted octanol–water partition coefficient (Wildman–Crippen LogP) is 6.12. The fraction of sp³-hybridized carbons (Fsp3) is 0.273. The maximum Gasteiger partial charge on any atom is 0.123 e. The van der Waals surface area contributed by atoms with Crippen molar-refractivity contribution >= 4 is 11.6 Å². The van der Waals surface area contributed by atoms with Crippen molar-refractivity contribution in [2.75, 3.05) is 7.11 Å².